The van der Waals surface area contributed by atoms with E-state index in [9.17, 15) is 4.79 Å². The van der Waals surface area contributed by atoms with Crippen molar-refractivity contribution in [3.63, 3.8) is 0 Å². The molecule has 1 aromatic carbocycles. The van der Waals surface area contributed by atoms with E-state index >= 15 is 0 Å². The Morgan fingerprint density at radius 2 is 2.00 bits per heavy atom. The first-order valence-electron chi connectivity index (χ1n) is 7.34. The molecule has 0 unspecified atom stereocenters. The summed E-state index contributed by atoms with van der Waals surface area (Å²) in [6.07, 6.45) is 3.70. The highest BCUT2D eigenvalue weighted by atomic mass is 16.5. The van der Waals surface area contributed by atoms with Crippen molar-refractivity contribution in [2.45, 2.75) is 18.5 Å². The summed E-state index contributed by atoms with van der Waals surface area (Å²) < 4.78 is 5.53. The molecule has 1 atom stereocenters. The zero-order chi connectivity index (χ0) is 16.3. The minimum absolute atomic E-state index is 0.300. The van der Waals surface area contributed by atoms with E-state index in [0.29, 0.717) is 37.8 Å². The largest absolute Gasteiger partial charge is 0.480 e. The van der Waals surface area contributed by atoms with Crippen molar-refractivity contribution in [3.05, 3.63) is 48.3 Å². The minimum atomic E-state index is -1.13. The molecule has 7 nitrogen and oxygen atoms in total. The normalized spacial score (nSPS) is 21.3. The van der Waals surface area contributed by atoms with Crippen LogP contribution in [0.2, 0.25) is 0 Å². The third-order valence-electron chi connectivity index (χ3n) is 3.89. The molecular formula is C16H18N4O3. The van der Waals surface area contributed by atoms with E-state index in [1.807, 2.05) is 29.2 Å². The molecular weight excluding hydrogens is 296 g/mol. The predicted molar refractivity (Wildman–Crippen MR) is 83.0 cm³/mol. The molecule has 120 valence electrons. The van der Waals surface area contributed by atoms with Crippen molar-refractivity contribution in [2.24, 2.45) is 5.73 Å². The van der Waals surface area contributed by atoms with Crippen LogP contribution in [0.3, 0.4) is 0 Å². The van der Waals surface area contributed by atoms with Gasteiger partial charge in [0.15, 0.2) is 0 Å². The van der Waals surface area contributed by atoms with E-state index in [1.54, 1.807) is 18.5 Å². The van der Waals surface area contributed by atoms with Crippen molar-refractivity contribution in [2.75, 3.05) is 13.1 Å². The predicted octanol–water partition coefficient (Wildman–Crippen LogP) is 1.26. The number of rotatable bonds is 5. The number of nitrogens with zero attached hydrogens (tertiary/aromatic N) is 3. The van der Waals surface area contributed by atoms with Crippen LogP contribution in [-0.2, 0) is 11.3 Å². The number of carboxylic acids is 1. The zero-order valence-electron chi connectivity index (χ0n) is 12.6. The molecule has 0 amide bonds. The van der Waals surface area contributed by atoms with E-state index in [0.717, 1.165) is 5.56 Å². The molecule has 1 saturated heterocycles. The molecule has 3 rings (SSSR count). The van der Waals surface area contributed by atoms with Gasteiger partial charge < -0.3 is 15.6 Å². The van der Waals surface area contributed by atoms with Gasteiger partial charge >= 0.3 is 12.0 Å². The van der Waals surface area contributed by atoms with Gasteiger partial charge in [-0.2, -0.15) is 0 Å². The van der Waals surface area contributed by atoms with Crippen LogP contribution in [0.1, 0.15) is 12.0 Å². The number of aliphatic carboxylic acids is 1. The number of nitrogens with two attached hydrogens (primary N) is 1. The molecule has 2 aromatic rings. The van der Waals surface area contributed by atoms with Crippen molar-refractivity contribution in [1.82, 2.24) is 14.9 Å². The maximum Gasteiger partial charge on any atom is 0.325 e. The molecule has 7 heteroatoms. The fourth-order valence-corrected chi connectivity index (χ4v) is 2.59. The topological polar surface area (TPSA) is 102 Å². The Balaban J connectivity index is 1.59. The van der Waals surface area contributed by atoms with E-state index in [1.165, 1.54) is 0 Å². The number of hydrogen-bond donors (Lipinski definition) is 2. The summed E-state index contributed by atoms with van der Waals surface area (Å²) >= 11 is 0. The second-order valence-corrected chi connectivity index (χ2v) is 5.70. The summed E-state index contributed by atoms with van der Waals surface area (Å²) in [5, 5.41) is 9.15. The molecule has 23 heavy (non-hydrogen) atoms. The summed E-state index contributed by atoms with van der Waals surface area (Å²) in [6, 6.07) is 9.59. The lowest BCUT2D eigenvalue weighted by atomic mass is 10.0. The van der Waals surface area contributed by atoms with Gasteiger partial charge in [0.1, 0.15) is 11.3 Å². The molecule has 1 aliphatic heterocycles. The smallest absolute Gasteiger partial charge is 0.325 e. The number of hydrogen-bond acceptors (Lipinski definition) is 6. The first-order chi connectivity index (χ1) is 11.0. The molecule has 0 saturated carbocycles. The fourth-order valence-electron chi connectivity index (χ4n) is 2.59. The van der Waals surface area contributed by atoms with Gasteiger partial charge in [-0.1, -0.05) is 12.1 Å². The molecule has 1 aliphatic rings. The second-order valence-electron chi connectivity index (χ2n) is 5.70. The van der Waals surface area contributed by atoms with E-state index < -0.39 is 11.5 Å². The monoisotopic (exact) mass is 314 g/mol. The van der Waals surface area contributed by atoms with Gasteiger partial charge in [0, 0.05) is 32.0 Å². The summed E-state index contributed by atoms with van der Waals surface area (Å²) in [5.74, 6) is -0.285. The van der Waals surface area contributed by atoms with E-state index in [2.05, 4.69) is 9.97 Å². The number of carbonyl (C=O) groups is 1. The average molecular weight is 314 g/mol. The minimum Gasteiger partial charge on any atom is -0.480 e. The Morgan fingerprint density at radius 1 is 1.30 bits per heavy atom. The SMILES string of the molecule is N[C@@]1(C(=O)O)CCN(Cc2ccc(Oc3ncccn3)cc2)C1. The van der Waals surface area contributed by atoms with Crippen LogP contribution in [0.15, 0.2) is 42.7 Å². The lowest BCUT2D eigenvalue weighted by Crippen LogP contribution is -2.50. The lowest BCUT2D eigenvalue weighted by molar-refractivity contribution is -0.142. The fraction of sp³-hybridized carbons (Fsp3) is 0.312. The molecule has 1 aromatic heterocycles. The molecule has 0 radical (unpaired) electrons. The Morgan fingerprint density at radius 3 is 2.61 bits per heavy atom. The van der Waals surface area contributed by atoms with Crippen molar-refractivity contribution >= 4 is 5.97 Å². The second kappa shape index (κ2) is 6.31. The first kappa shape index (κ1) is 15.4. The first-order valence-corrected chi connectivity index (χ1v) is 7.34. The van der Waals surface area contributed by atoms with Gasteiger partial charge in [-0.25, -0.2) is 9.97 Å². The average Bonchev–Trinajstić information content (AvgIpc) is 2.93. The van der Waals surface area contributed by atoms with Crippen LogP contribution in [0.25, 0.3) is 0 Å². The van der Waals surface area contributed by atoms with Crippen LogP contribution >= 0.6 is 0 Å². The quantitative estimate of drug-likeness (QED) is 0.856. The van der Waals surface area contributed by atoms with Gasteiger partial charge in [-0.05, 0) is 30.2 Å². The number of carboxylic acid groups (broad SMARTS) is 1. The molecule has 1 fully saturated rings. The lowest BCUT2D eigenvalue weighted by Gasteiger charge is -2.20. The van der Waals surface area contributed by atoms with Gasteiger partial charge in [-0.3, -0.25) is 9.69 Å². The van der Waals surface area contributed by atoms with Crippen LogP contribution in [-0.4, -0.2) is 44.6 Å². The Kier molecular flexibility index (Phi) is 4.22. The summed E-state index contributed by atoms with van der Waals surface area (Å²) in [7, 11) is 0. The van der Waals surface area contributed by atoms with Crippen molar-refractivity contribution < 1.29 is 14.6 Å². The molecule has 3 N–H and O–H groups in total. The standard InChI is InChI=1S/C16H18N4O3/c17-16(14(21)22)6-9-20(11-16)10-12-2-4-13(5-3-12)23-15-18-7-1-8-19-15/h1-5,7-8H,6,9-11,17H2,(H,21,22)/t16-/m0/s1. The highest BCUT2D eigenvalue weighted by Gasteiger charge is 2.40. The third-order valence-corrected chi connectivity index (χ3v) is 3.89. The highest BCUT2D eigenvalue weighted by molar-refractivity contribution is 5.79. The number of benzene rings is 1. The number of ether oxygens (including phenoxy) is 1. The van der Waals surface area contributed by atoms with E-state index in [-0.39, 0.29) is 0 Å². The van der Waals surface area contributed by atoms with Crippen molar-refractivity contribution in [1.29, 1.82) is 0 Å². The van der Waals surface area contributed by atoms with Gasteiger partial charge in [0.2, 0.25) is 0 Å². The number of aromatic nitrogens is 2. The van der Waals surface area contributed by atoms with Crippen LogP contribution in [0, 0.1) is 0 Å². The van der Waals surface area contributed by atoms with Gasteiger partial charge in [0.05, 0.1) is 0 Å². The molecule has 0 bridgehead atoms. The molecule has 0 aliphatic carbocycles. The number of likely N-dealkylation sites (tertiary alicyclic amines) is 1. The Hall–Kier alpha value is -2.51. The summed E-state index contributed by atoms with van der Waals surface area (Å²) in [5.41, 5.74) is 5.82. The third kappa shape index (κ3) is 3.64. The van der Waals surface area contributed by atoms with E-state index in [4.69, 9.17) is 15.6 Å². The summed E-state index contributed by atoms with van der Waals surface area (Å²) in [6.45, 7) is 1.70. The van der Waals surface area contributed by atoms with Gasteiger partial charge in [-0.15, -0.1) is 0 Å². The molecule has 2 heterocycles. The highest BCUT2D eigenvalue weighted by Crippen LogP contribution is 2.23. The van der Waals surface area contributed by atoms with Crippen LogP contribution < -0.4 is 10.5 Å². The van der Waals surface area contributed by atoms with Crippen molar-refractivity contribution in [3.8, 4) is 11.8 Å². The molecule has 0 spiro atoms. The van der Waals surface area contributed by atoms with Crippen LogP contribution in [0.5, 0.6) is 11.8 Å². The maximum absolute atomic E-state index is 11.2. The Labute approximate surface area is 133 Å². The Bertz CT molecular complexity index is 677. The van der Waals surface area contributed by atoms with Crippen LogP contribution in [0.4, 0.5) is 0 Å². The van der Waals surface area contributed by atoms with Gasteiger partial charge in [0.25, 0.3) is 0 Å². The summed E-state index contributed by atoms with van der Waals surface area (Å²) in [4.78, 5) is 21.2. The maximum atomic E-state index is 11.2. The zero-order valence-corrected chi connectivity index (χ0v) is 12.6.